The Morgan fingerprint density at radius 1 is 1.22 bits per heavy atom. The molecule has 3 rings (SSSR count). The van der Waals surface area contributed by atoms with Crippen LogP contribution in [0.4, 0.5) is 11.5 Å². The first kappa shape index (κ1) is 19.3. The second-order valence-corrected chi connectivity index (χ2v) is 7.45. The van der Waals surface area contributed by atoms with Gasteiger partial charge in [-0.25, -0.2) is 14.8 Å². The number of thiophene rings is 1. The normalized spacial score (nSPS) is 11.1. The van der Waals surface area contributed by atoms with Crippen molar-refractivity contribution in [2.75, 3.05) is 25.6 Å². The van der Waals surface area contributed by atoms with Crippen LogP contribution < -0.4 is 5.32 Å². The summed E-state index contributed by atoms with van der Waals surface area (Å²) in [6.07, 6.45) is 1.51. The van der Waals surface area contributed by atoms with Gasteiger partial charge < -0.3 is 14.8 Å². The molecule has 27 heavy (non-hydrogen) atoms. The number of benzene rings is 1. The monoisotopic (exact) mass is 385 g/mol. The lowest BCUT2D eigenvalue weighted by molar-refractivity contribution is 0.0393. The van der Waals surface area contributed by atoms with Gasteiger partial charge in [0.2, 0.25) is 0 Å². The minimum Gasteiger partial charge on any atom is -0.459 e. The van der Waals surface area contributed by atoms with Gasteiger partial charge in [0.15, 0.2) is 0 Å². The summed E-state index contributed by atoms with van der Waals surface area (Å²) in [7, 11) is 1.57. The van der Waals surface area contributed by atoms with E-state index in [2.05, 4.69) is 35.2 Å². The van der Waals surface area contributed by atoms with E-state index in [1.807, 2.05) is 25.1 Å². The van der Waals surface area contributed by atoms with Crippen molar-refractivity contribution < 1.29 is 14.3 Å². The van der Waals surface area contributed by atoms with Crippen molar-refractivity contribution in [3.63, 3.8) is 0 Å². The maximum atomic E-state index is 12.4. The summed E-state index contributed by atoms with van der Waals surface area (Å²) in [6, 6.07) is 8.15. The number of carbonyl (C=O) groups is 1. The van der Waals surface area contributed by atoms with Crippen LogP contribution in [-0.4, -0.2) is 36.3 Å². The zero-order valence-corrected chi connectivity index (χ0v) is 16.7. The Balaban J connectivity index is 1.97. The van der Waals surface area contributed by atoms with Crippen molar-refractivity contribution >= 4 is 39.0 Å². The third-order valence-corrected chi connectivity index (χ3v) is 5.45. The third kappa shape index (κ3) is 4.09. The molecule has 0 aliphatic heterocycles. The average Bonchev–Trinajstić information content (AvgIpc) is 3.00. The lowest BCUT2D eigenvalue weighted by Gasteiger charge is -2.14. The first-order valence-corrected chi connectivity index (χ1v) is 9.60. The lowest BCUT2D eigenvalue weighted by atomic mass is 10.0. The Kier molecular flexibility index (Phi) is 6.03. The van der Waals surface area contributed by atoms with Crippen LogP contribution in [0.25, 0.3) is 10.2 Å². The summed E-state index contributed by atoms with van der Waals surface area (Å²) in [5.74, 6) is 0.708. The Labute approximate surface area is 162 Å². The number of hydrogen-bond acceptors (Lipinski definition) is 7. The molecule has 0 spiro atoms. The maximum absolute atomic E-state index is 12.4. The van der Waals surface area contributed by atoms with Gasteiger partial charge in [0.05, 0.1) is 12.0 Å². The van der Waals surface area contributed by atoms with E-state index in [4.69, 9.17) is 9.47 Å². The predicted molar refractivity (Wildman–Crippen MR) is 108 cm³/mol. The highest BCUT2D eigenvalue weighted by atomic mass is 32.1. The Morgan fingerprint density at radius 3 is 2.74 bits per heavy atom. The van der Waals surface area contributed by atoms with Crippen LogP contribution in [0.1, 0.15) is 40.6 Å². The Hall–Kier alpha value is -2.51. The largest absolute Gasteiger partial charge is 0.459 e. The van der Waals surface area contributed by atoms with Gasteiger partial charge >= 0.3 is 5.97 Å². The number of nitrogens with one attached hydrogen (secondary N) is 1. The Bertz CT molecular complexity index is 953. The third-order valence-electron chi connectivity index (χ3n) is 4.27. The van der Waals surface area contributed by atoms with E-state index in [1.165, 1.54) is 23.2 Å². The highest BCUT2D eigenvalue weighted by molar-refractivity contribution is 7.20. The average molecular weight is 385 g/mol. The fraction of sp³-hybridized carbons (Fsp3) is 0.350. The molecule has 0 saturated heterocycles. The van der Waals surface area contributed by atoms with Crippen LogP contribution >= 0.6 is 11.3 Å². The van der Waals surface area contributed by atoms with E-state index in [-0.39, 0.29) is 12.6 Å². The number of ether oxygens (including phenoxy) is 2. The number of anilines is 2. The van der Waals surface area contributed by atoms with Crippen LogP contribution in [0.2, 0.25) is 0 Å². The number of fused-ring (bicyclic) bond motifs is 1. The molecule has 1 aromatic carbocycles. The molecule has 0 aliphatic rings. The molecule has 0 radical (unpaired) electrons. The van der Waals surface area contributed by atoms with E-state index in [0.29, 0.717) is 23.2 Å². The first-order chi connectivity index (χ1) is 13.0. The molecule has 3 aromatic rings. The van der Waals surface area contributed by atoms with Gasteiger partial charge in [-0.05, 0) is 30.0 Å². The smallest absolute Gasteiger partial charge is 0.348 e. The number of carbonyl (C=O) groups excluding carboxylic acids is 1. The number of para-hydroxylation sites is 1. The first-order valence-electron chi connectivity index (χ1n) is 8.79. The molecule has 2 aromatic heterocycles. The van der Waals surface area contributed by atoms with E-state index >= 15 is 0 Å². The molecule has 6 nitrogen and oxygen atoms in total. The van der Waals surface area contributed by atoms with Gasteiger partial charge in [-0.3, -0.25) is 0 Å². The van der Waals surface area contributed by atoms with Crippen LogP contribution in [-0.2, 0) is 9.47 Å². The molecule has 0 aliphatic carbocycles. The maximum Gasteiger partial charge on any atom is 0.348 e. The van der Waals surface area contributed by atoms with Crippen LogP contribution in [0, 0.1) is 6.92 Å². The molecule has 0 fully saturated rings. The minimum absolute atomic E-state index is 0.224. The SMILES string of the molecule is COCCOC(=O)c1sc2ncnc(Nc3ccccc3C(C)C)c2c1C. The highest BCUT2D eigenvalue weighted by Gasteiger charge is 2.21. The van der Waals surface area contributed by atoms with Crippen LogP contribution in [0.3, 0.4) is 0 Å². The molecular formula is C20H23N3O3S. The molecule has 0 atom stereocenters. The molecule has 0 bridgehead atoms. The number of esters is 1. The Morgan fingerprint density at radius 2 is 2.00 bits per heavy atom. The molecule has 2 heterocycles. The van der Waals surface area contributed by atoms with Crippen molar-refractivity contribution in [1.29, 1.82) is 0 Å². The summed E-state index contributed by atoms with van der Waals surface area (Å²) in [5, 5.41) is 4.27. The van der Waals surface area contributed by atoms with Crippen molar-refractivity contribution in [3.8, 4) is 0 Å². The van der Waals surface area contributed by atoms with Gasteiger partial charge in [-0.1, -0.05) is 32.0 Å². The standard InChI is InChI=1S/C20H23N3O3S/c1-12(2)14-7-5-6-8-15(14)23-18-16-13(3)17(20(24)26-10-9-25-4)27-19(16)22-11-21-18/h5-8,11-12H,9-10H2,1-4H3,(H,21,22,23). The zero-order valence-electron chi connectivity index (χ0n) is 15.9. The fourth-order valence-corrected chi connectivity index (χ4v) is 3.93. The second kappa shape index (κ2) is 8.45. The zero-order chi connectivity index (χ0) is 19.4. The molecule has 0 saturated carbocycles. The van der Waals surface area contributed by atoms with Gasteiger partial charge in [0.25, 0.3) is 0 Å². The van der Waals surface area contributed by atoms with Crippen molar-refractivity contribution in [2.45, 2.75) is 26.7 Å². The number of aryl methyl sites for hydroxylation is 1. The van der Waals surface area contributed by atoms with Crippen LogP contribution in [0.5, 0.6) is 0 Å². The number of nitrogens with zero attached hydrogens (tertiary/aromatic N) is 2. The number of hydrogen-bond donors (Lipinski definition) is 1. The van der Waals surface area contributed by atoms with E-state index in [1.54, 1.807) is 7.11 Å². The van der Waals surface area contributed by atoms with Crippen molar-refractivity contribution in [3.05, 3.63) is 46.6 Å². The molecule has 0 unspecified atom stereocenters. The van der Waals surface area contributed by atoms with E-state index in [0.717, 1.165) is 21.5 Å². The van der Waals surface area contributed by atoms with Gasteiger partial charge in [-0.15, -0.1) is 11.3 Å². The highest BCUT2D eigenvalue weighted by Crippen LogP contribution is 2.36. The van der Waals surface area contributed by atoms with E-state index in [9.17, 15) is 4.79 Å². The number of aromatic nitrogens is 2. The van der Waals surface area contributed by atoms with Gasteiger partial charge in [0, 0.05) is 12.8 Å². The molecule has 142 valence electrons. The molecule has 0 amide bonds. The van der Waals surface area contributed by atoms with E-state index < -0.39 is 0 Å². The topological polar surface area (TPSA) is 73.3 Å². The minimum atomic E-state index is -0.360. The van der Waals surface area contributed by atoms with Gasteiger partial charge in [-0.2, -0.15) is 0 Å². The van der Waals surface area contributed by atoms with Crippen molar-refractivity contribution in [2.24, 2.45) is 0 Å². The molecule has 1 N–H and O–H groups in total. The fourth-order valence-electron chi connectivity index (χ4n) is 2.89. The summed E-state index contributed by atoms with van der Waals surface area (Å²) in [6.45, 7) is 6.80. The molecule has 7 heteroatoms. The summed E-state index contributed by atoms with van der Waals surface area (Å²) >= 11 is 1.32. The number of methoxy groups -OCH3 is 1. The predicted octanol–water partition coefficient (Wildman–Crippen LogP) is 4.67. The molecular weight excluding hydrogens is 362 g/mol. The summed E-state index contributed by atoms with van der Waals surface area (Å²) < 4.78 is 10.2. The summed E-state index contributed by atoms with van der Waals surface area (Å²) in [5.41, 5.74) is 3.03. The number of rotatable bonds is 7. The van der Waals surface area contributed by atoms with Crippen LogP contribution in [0.15, 0.2) is 30.6 Å². The van der Waals surface area contributed by atoms with Gasteiger partial charge in [0.1, 0.15) is 28.5 Å². The quantitative estimate of drug-likeness (QED) is 0.471. The lowest BCUT2D eigenvalue weighted by Crippen LogP contribution is -2.09. The van der Waals surface area contributed by atoms with Crippen molar-refractivity contribution in [1.82, 2.24) is 9.97 Å². The second-order valence-electron chi connectivity index (χ2n) is 6.45. The summed E-state index contributed by atoms with van der Waals surface area (Å²) in [4.78, 5) is 22.4.